The molecule has 1 aromatic carbocycles. The SMILES string of the molecule is COc1ccc(Cl)cc1Nc1nc(C)cn1C(C)C. The highest BCUT2D eigenvalue weighted by Gasteiger charge is 2.11. The van der Waals surface area contributed by atoms with Gasteiger partial charge in [0.15, 0.2) is 0 Å². The van der Waals surface area contributed by atoms with E-state index in [9.17, 15) is 0 Å². The van der Waals surface area contributed by atoms with Gasteiger partial charge in [0.2, 0.25) is 5.95 Å². The zero-order chi connectivity index (χ0) is 14.0. The summed E-state index contributed by atoms with van der Waals surface area (Å²) in [5.74, 6) is 1.52. The number of methoxy groups -OCH3 is 1. The molecule has 0 aliphatic rings. The van der Waals surface area contributed by atoms with Crippen molar-refractivity contribution in [1.29, 1.82) is 0 Å². The molecular weight excluding hydrogens is 262 g/mol. The van der Waals surface area contributed by atoms with Crippen molar-refractivity contribution in [2.24, 2.45) is 0 Å². The topological polar surface area (TPSA) is 39.1 Å². The van der Waals surface area contributed by atoms with Crippen molar-refractivity contribution in [3.63, 3.8) is 0 Å². The third-order valence-electron chi connectivity index (χ3n) is 2.82. The van der Waals surface area contributed by atoms with E-state index in [1.165, 1.54) is 0 Å². The van der Waals surface area contributed by atoms with Gasteiger partial charge in [-0.2, -0.15) is 0 Å². The maximum absolute atomic E-state index is 6.02. The Kier molecular flexibility index (Phi) is 4.00. The molecule has 0 unspecified atom stereocenters. The first kappa shape index (κ1) is 13.7. The molecule has 2 rings (SSSR count). The minimum atomic E-state index is 0.328. The molecule has 0 radical (unpaired) electrons. The van der Waals surface area contributed by atoms with E-state index in [0.717, 1.165) is 23.1 Å². The number of nitrogens with one attached hydrogen (secondary N) is 1. The summed E-state index contributed by atoms with van der Waals surface area (Å²) in [5.41, 5.74) is 1.78. The number of hydrogen-bond donors (Lipinski definition) is 1. The molecule has 0 saturated heterocycles. The molecule has 19 heavy (non-hydrogen) atoms. The maximum Gasteiger partial charge on any atom is 0.207 e. The molecule has 1 heterocycles. The molecule has 0 atom stereocenters. The Hall–Kier alpha value is -1.68. The fourth-order valence-corrected chi connectivity index (χ4v) is 2.07. The molecule has 0 aliphatic heterocycles. The lowest BCUT2D eigenvalue weighted by atomic mass is 10.3. The van der Waals surface area contributed by atoms with Gasteiger partial charge in [-0.25, -0.2) is 4.98 Å². The van der Waals surface area contributed by atoms with E-state index in [0.29, 0.717) is 11.1 Å². The average Bonchev–Trinajstić information content (AvgIpc) is 2.71. The van der Waals surface area contributed by atoms with Crippen LogP contribution in [0.15, 0.2) is 24.4 Å². The summed E-state index contributed by atoms with van der Waals surface area (Å²) in [7, 11) is 1.63. The number of anilines is 2. The van der Waals surface area contributed by atoms with E-state index in [2.05, 4.69) is 28.7 Å². The fourth-order valence-electron chi connectivity index (χ4n) is 1.90. The lowest BCUT2D eigenvalue weighted by Crippen LogP contribution is -2.05. The maximum atomic E-state index is 6.02. The van der Waals surface area contributed by atoms with E-state index < -0.39 is 0 Å². The van der Waals surface area contributed by atoms with Crippen molar-refractivity contribution in [3.8, 4) is 5.75 Å². The van der Waals surface area contributed by atoms with E-state index in [1.807, 2.05) is 25.3 Å². The van der Waals surface area contributed by atoms with Gasteiger partial charge in [-0.15, -0.1) is 0 Å². The second kappa shape index (κ2) is 5.53. The van der Waals surface area contributed by atoms with Crippen LogP contribution in [0.3, 0.4) is 0 Å². The van der Waals surface area contributed by atoms with Gasteiger partial charge < -0.3 is 14.6 Å². The lowest BCUT2D eigenvalue weighted by Gasteiger charge is -2.14. The smallest absolute Gasteiger partial charge is 0.207 e. The molecule has 0 amide bonds. The second-order valence-corrected chi connectivity index (χ2v) is 5.11. The van der Waals surface area contributed by atoms with Crippen LogP contribution in [0.1, 0.15) is 25.6 Å². The highest BCUT2D eigenvalue weighted by molar-refractivity contribution is 6.30. The quantitative estimate of drug-likeness (QED) is 0.912. The van der Waals surface area contributed by atoms with Crippen LogP contribution in [0.25, 0.3) is 0 Å². The van der Waals surface area contributed by atoms with Crippen LogP contribution in [-0.2, 0) is 0 Å². The Balaban J connectivity index is 2.38. The van der Waals surface area contributed by atoms with Gasteiger partial charge in [0.25, 0.3) is 0 Å². The first-order valence-corrected chi connectivity index (χ1v) is 6.55. The van der Waals surface area contributed by atoms with E-state index in [4.69, 9.17) is 16.3 Å². The van der Waals surface area contributed by atoms with Crippen LogP contribution < -0.4 is 10.1 Å². The number of hydrogen-bond acceptors (Lipinski definition) is 3. The monoisotopic (exact) mass is 279 g/mol. The van der Waals surface area contributed by atoms with Crippen molar-refractivity contribution in [1.82, 2.24) is 9.55 Å². The zero-order valence-electron chi connectivity index (χ0n) is 11.6. The number of halogens is 1. The number of benzene rings is 1. The summed E-state index contributed by atoms with van der Waals surface area (Å²) < 4.78 is 7.40. The first-order chi connectivity index (χ1) is 9.01. The third kappa shape index (κ3) is 3.01. The van der Waals surface area contributed by atoms with Crippen molar-refractivity contribution in [2.45, 2.75) is 26.8 Å². The molecule has 0 aliphatic carbocycles. The number of nitrogens with zero attached hydrogens (tertiary/aromatic N) is 2. The van der Waals surface area contributed by atoms with Crippen LogP contribution in [0.5, 0.6) is 5.75 Å². The summed E-state index contributed by atoms with van der Waals surface area (Å²) in [4.78, 5) is 4.49. The summed E-state index contributed by atoms with van der Waals surface area (Å²) in [6, 6.07) is 5.79. The van der Waals surface area contributed by atoms with Gasteiger partial charge in [0.05, 0.1) is 18.5 Å². The average molecular weight is 280 g/mol. The Labute approximate surface area is 118 Å². The van der Waals surface area contributed by atoms with Gasteiger partial charge >= 0.3 is 0 Å². The van der Waals surface area contributed by atoms with Crippen molar-refractivity contribution in [3.05, 3.63) is 35.1 Å². The first-order valence-electron chi connectivity index (χ1n) is 6.17. The standard InChI is InChI=1S/C14H18ClN3O/c1-9(2)18-8-10(3)16-14(18)17-12-7-11(15)5-6-13(12)19-4/h5-9H,1-4H3,(H,16,17). The predicted octanol–water partition coefficient (Wildman–Crippen LogP) is 4.18. The Bertz CT molecular complexity index is 578. The molecule has 1 aromatic heterocycles. The predicted molar refractivity (Wildman–Crippen MR) is 78.6 cm³/mol. The largest absolute Gasteiger partial charge is 0.495 e. The van der Waals surface area contributed by atoms with Crippen LogP contribution in [0, 0.1) is 6.92 Å². The second-order valence-electron chi connectivity index (χ2n) is 4.68. The summed E-state index contributed by atoms with van der Waals surface area (Å²) in [5, 5.41) is 3.93. The Morgan fingerprint density at radius 3 is 2.74 bits per heavy atom. The fraction of sp³-hybridized carbons (Fsp3) is 0.357. The molecule has 1 N–H and O–H groups in total. The molecule has 0 bridgehead atoms. The number of aromatic nitrogens is 2. The molecular formula is C14H18ClN3O. The lowest BCUT2D eigenvalue weighted by molar-refractivity contribution is 0.416. The molecule has 2 aromatic rings. The Morgan fingerprint density at radius 1 is 1.37 bits per heavy atom. The van der Waals surface area contributed by atoms with Crippen molar-refractivity contribution < 1.29 is 4.74 Å². The van der Waals surface area contributed by atoms with Gasteiger partial charge in [0, 0.05) is 17.3 Å². The van der Waals surface area contributed by atoms with Gasteiger partial charge in [-0.05, 0) is 39.0 Å². The van der Waals surface area contributed by atoms with Crippen LogP contribution in [0.2, 0.25) is 5.02 Å². The minimum Gasteiger partial charge on any atom is -0.495 e. The van der Waals surface area contributed by atoms with Gasteiger partial charge in [-0.3, -0.25) is 0 Å². The van der Waals surface area contributed by atoms with Gasteiger partial charge in [0.1, 0.15) is 5.75 Å². The summed E-state index contributed by atoms with van der Waals surface area (Å²) >= 11 is 6.02. The molecule has 0 saturated carbocycles. The van der Waals surface area contributed by atoms with E-state index in [-0.39, 0.29) is 0 Å². The number of rotatable bonds is 4. The zero-order valence-corrected chi connectivity index (χ0v) is 12.3. The third-order valence-corrected chi connectivity index (χ3v) is 3.05. The van der Waals surface area contributed by atoms with Crippen molar-refractivity contribution >= 4 is 23.2 Å². The molecule has 102 valence electrons. The molecule has 0 fully saturated rings. The van der Waals surface area contributed by atoms with Crippen LogP contribution in [-0.4, -0.2) is 16.7 Å². The van der Waals surface area contributed by atoms with E-state index in [1.54, 1.807) is 13.2 Å². The normalized spacial score (nSPS) is 10.8. The number of ether oxygens (including phenoxy) is 1. The highest BCUT2D eigenvalue weighted by Crippen LogP contribution is 2.30. The minimum absolute atomic E-state index is 0.328. The summed E-state index contributed by atoms with van der Waals surface area (Å²) in [6.07, 6.45) is 2.02. The van der Waals surface area contributed by atoms with Crippen LogP contribution in [0.4, 0.5) is 11.6 Å². The number of imidazole rings is 1. The number of aryl methyl sites for hydroxylation is 1. The van der Waals surface area contributed by atoms with Crippen LogP contribution >= 0.6 is 11.6 Å². The van der Waals surface area contributed by atoms with Crippen molar-refractivity contribution in [2.75, 3.05) is 12.4 Å². The Morgan fingerprint density at radius 2 is 2.11 bits per heavy atom. The molecule has 5 heteroatoms. The molecule has 0 spiro atoms. The molecule has 4 nitrogen and oxygen atoms in total. The van der Waals surface area contributed by atoms with Gasteiger partial charge in [-0.1, -0.05) is 11.6 Å². The van der Waals surface area contributed by atoms with E-state index >= 15 is 0 Å². The highest BCUT2D eigenvalue weighted by atomic mass is 35.5. The summed E-state index contributed by atoms with van der Waals surface area (Å²) in [6.45, 7) is 6.20.